The Hall–Kier alpha value is -2.43. The van der Waals surface area contributed by atoms with Gasteiger partial charge in [-0.1, -0.05) is 0 Å². The van der Waals surface area contributed by atoms with Crippen molar-refractivity contribution in [1.29, 1.82) is 0 Å². The average molecular weight is 555 g/mol. The van der Waals surface area contributed by atoms with Gasteiger partial charge in [-0.15, -0.1) is 24.0 Å². The van der Waals surface area contributed by atoms with Gasteiger partial charge in [0, 0.05) is 32.4 Å². The van der Waals surface area contributed by atoms with Crippen LogP contribution in [0.2, 0.25) is 0 Å². The van der Waals surface area contributed by atoms with E-state index >= 15 is 0 Å². The molecule has 2 heterocycles. The Morgan fingerprint density at radius 1 is 1.00 bits per heavy atom. The summed E-state index contributed by atoms with van der Waals surface area (Å²) in [6, 6.07) is 8.02. The Morgan fingerprint density at radius 2 is 1.69 bits per heavy atom. The molecule has 1 fully saturated rings. The number of guanidine groups is 1. The Balaban J connectivity index is 0.00000363. The van der Waals surface area contributed by atoms with Crippen molar-refractivity contribution in [2.75, 3.05) is 45.9 Å². The highest BCUT2D eigenvalue weighted by atomic mass is 127. The van der Waals surface area contributed by atoms with E-state index in [1.807, 2.05) is 24.4 Å². The third-order valence-electron chi connectivity index (χ3n) is 5.19. The lowest BCUT2D eigenvalue weighted by molar-refractivity contribution is 0.324. The third kappa shape index (κ3) is 6.78. The van der Waals surface area contributed by atoms with Crippen molar-refractivity contribution < 1.29 is 14.2 Å². The van der Waals surface area contributed by atoms with E-state index in [1.165, 1.54) is 18.4 Å². The summed E-state index contributed by atoms with van der Waals surface area (Å²) in [4.78, 5) is 11.6. The van der Waals surface area contributed by atoms with Gasteiger partial charge in [0.25, 0.3) is 0 Å². The normalized spacial score (nSPS) is 13.4. The highest BCUT2D eigenvalue weighted by Crippen LogP contribution is 2.38. The van der Waals surface area contributed by atoms with Crippen molar-refractivity contribution in [2.24, 2.45) is 4.99 Å². The lowest BCUT2D eigenvalue weighted by Gasteiger charge is -2.17. The van der Waals surface area contributed by atoms with Gasteiger partial charge in [-0.3, -0.25) is 0 Å². The molecule has 0 aliphatic carbocycles. The molecule has 0 saturated carbocycles. The number of ether oxygens (including phenoxy) is 3. The Morgan fingerprint density at radius 3 is 2.28 bits per heavy atom. The standard InChI is InChI=1S/C23H33N5O3.HI/c1-5-24-23(26-15-17-8-9-25-21(14-17)28-10-6-7-11-28)27-16-18-12-19(29-2)22(31-4)20(13-18)30-3;/h8-9,12-14H,5-7,10-11,15-16H2,1-4H3,(H2,24,26,27);1H. The van der Waals surface area contributed by atoms with Crippen LogP contribution in [0.25, 0.3) is 0 Å². The summed E-state index contributed by atoms with van der Waals surface area (Å²) >= 11 is 0. The van der Waals surface area contributed by atoms with Gasteiger partial charge in [0.1, 0.15) is 5.82 Å². The quantitative estimate of drug-likeness (QED) is 0.278. The van der Waals surface area contributed by atoms with Crippen LogP contribution in [-0.2, 0) is 13.1 Å². The molecule has 1 aliphatic heterocycles. The largest absolute Gasteiger partial charge is 0.493 e. The van der Waals surface area contributed by atoms with Crippen molar-refractivity contribution in [1.82, 2.24) is 15.6 Å². The summed E-state index contributed by atoms with van der Waals surface area (Å²) in [6.45, 7) is 6.14. The van der Waals surface area contributed by atoms with Crippen LogP contribution in [0.1, 0.15) is 30.9 Å². The van der Waals surface area contributed by atoms with Crippen LogP contribution >= 0.6 is 24.0 Å². The van der Waals surface area contributed by atoms with Crippen molar-refractivity contribution in [2.45, 2.75) is 32.9 Å². The number of rotatable bonds is 9. The first-order valence-electron chi connectivity index (χ1n) is 10.7. The average Bonchev–Trinajstić information content (AvgIpc) is 3.35. The number of anilines is 1. The van der Waals surface area contributed by atoms with Gasteiger partial charge in [0.05, 0.1) is 27.9 Å². The molecule has 176 valence electrons. The number of halogens is 1. The predicted octanol–water partition coefficient (Wildman–Crippen LogP) is 3.58. The van der Waals surface area contributed by atoms with Crippen molar-refractivity contribution >= 4 is 35.8 Å². The molecule has 1 aliphatic rings. The smallest absolute Gasteiger partial charge is 0.203 e. The summed E-state index contributed by atoms with van der Waals surface area (Å²) < 4.78 is 16.3. The van der Waals surface area contributed by atoms with Gasteiger partial charge in [-0.25, -0.2) is 9.98 Å². The fourth-order valence-corrected chi connectivity index (χ4v) is 3.61. The minimum absolute atomic E-state index is 0. The van der Waals surface area contributed by atoms with E-state index in [-0.39, 0.29) is 24.0 Å². The monoisotopic (exact) mass is 555 g/mol. The number of nitrogens with zero attached hydrogens (tertiary/aromatic N) is 3. The lowest BCUT2D eigenvalue weighted by Crippen LogP contribution is -2.36. The van der Waals surface area contributed by atoms with Gasteiger partial charge in [-0.05, 0) is 55.2 Å². The van der Waals surface area contributed by atoms with E-state index in [1.54, 1.807) is 21.3 Å². The molecule has 1 saturated heterocycles. The molecule has 3 rings (SSSR count). The van der Waals surface area contributed by atoms with Crippen LogP contribution in [0, 0.1) is 0 Å². The number of hydrogen-bond acceptors (Lipinski definition) is 6. The van der Waals surface area contributed by atoms with Crippen LogP contribution in [0.4, 0.5) is 5.82 Å². The van der Waals surface area contributed by atoms with E-state index < -0.39 is 0 Å². The molecule has 32 heavy (non-hydrogen) atoms. The van der Waals surface area contributed by atoms with Crippen molar-refractivity contribution in [3.05, 3.63) is 41.6 Å². The van der Waals surface area contributed by atoms with Crippen molar-refractivity contribution in [3.63, 3.8) is 0 Å². The van der Waals surface area contributed by atoms with Gasteiger partial charge in [0.15, 0.2) is 17.5 Å². The highest BCUT2D eigenvalue weighted by Gasteiger charge is 2.14. The van der Waals surface area contributed by atoms with Crippen LogP contribution in [0.3, 0.4) is 0 Å². The van der Waals surface area contributed by atoms with E-state index in [0.29, 0.717) is 30.3 Å². The molecule has 0 atom stereocenters. The van der Waals surface area contributed by atoms with Gasteiger partial charge in [0.2, 0.25) is 5.75 Å². The molecular formula is C23H34IN5O3. The van der Waals surface area contributed by atoms with E-state index in [9.17, 15) is 0 Å². The molecule has 0 radical (unpaired) electrons. The fraction of sp³-hybridized carbons (Fsp3) is 0.478. The molecule has 0 bridgehead atoms. The lowest BCUT2D eigenvalue weighted by atomic mass is 10.2. The first-order valence-corrected chi connectivity index (χ1v) is 10.7. The number of aliphatic imine (C=N–C) groups is 1. The van der Waals surface area contributed by atoms with Crippen LogP contribution in [0.15, 0.2) is 35.5 Å². The maximum absolute atomic E-state index is 5.44. The molecular weight excluding hydrogens is 521 g/mol. The van der Waals surface area contributed by atoms with Crippen molar-refractivity contribution in [3.8, 4) is 17.2 Å². The SMILES string of the molecule is CCNC(=NCc1cc(OC)c(OC)c(OC)c1)NCc1ccnc(N2CCCC2)c1.I. The third-order valence-corrected chi connectivity index (χ3v) is 5.19. The first kappa shape index (κ1) is 25.8. The molecule has 1 aromatic heterocycles. The zero-order chi connectivity index (χ0) is 22.1. The Bertz CT molecular complexity index is 863. The minimum atomic E-state index is 0. The second kappa shape index (κ2) is 13.2. The molecule has 0 unspecified atom stereocenters. The number of aromatic nitrogens is 1. The molecule has 9 heteroatoms. The van der Waals surface area contributed by atoms with Gasteiger partial charge < -0.3 is 29.7 Å². The van der Waals surface area contributed by atoms with Crippen LogP contribution in [0.5, 0.6) is 17.2 Å². The fourth-order valence-electron chi connectivity index (χ4n) is 3.61. The molecule has 1 aromatic carbocycles. The minimum Gasteiger partial charge on any atom is -0.493 e. The second-order valence-corrected chi connectivity index (χ2v) is 7.30. The Kier molecular flexibility index (Phi) is 10.6. The highest BCUT2D eigenvalue weighted by molar-refractivity contribution is 14.0. The molecule has 8 nitrogen and oxygen atoms in total. The predicted molar refractivity (Wildman–Crippen MR) is 139 cm³/mol. The Labute approximate surface area is 207 Å². The van der Waals surface area contributed by atoms with Gasteiger partial charge in [-0.2, -0.15) is 0 Å². The van der Waals surface area contributed by atoms with Gasteiger partial charge >= 0.3 is 0 Å². The summed E-state index contributed by atoms with van der Waals surface area (Å²) in [6.07, 6.45) is 4.36. The number of pyridine rings is 1. The molecule has 2 N–H and O–H groups in total. The summed E-state index contributed by atoms with van der Waals surface area (Å²) in [5.74, 6) is 3.62. The number of nitrogens with one attached hydrogen (secondary N) is 2. The summed E-state index contributed by atoms with van der Waals surface area (Å²) in [5, 5.41) is 6.71. The van der Waals surface area contributed by atoms with E-state index in [4.69, 9.17) is 19.2 Å². The maximum atomic E-state index is 5.44. The number of benzene rings is 1. The molecule has 0 spiro atoms. The van der Waals surface area contributed by atoms with E-state index in [2.05, 4.69) is 33.5 Å². The zero-order valence-electron chi connectivity index (χ0n) is 19.3. The zero-order valence-corrected chi connectivity index (χ0v) is 21.6. The van der Waals surface area contributed by atoms with E-state index in [0.717, 1.165) is 37.0 Å². The molecule has 0 amide bonds. The second-order valence-electron chi connectivity index (χ2n) is 7.30. The van der Waals surface area contributed by atoms with Crippen LogP contribution < -0.4 is 29.7 Å². The summed E-state index contributed by atoms with van der Waals surface area (Å²) in [7, 11) is 4.82. The number of hydrogen-bond donors (Lipinski definition) is 2. The van der Waals surface area contributed by atoms with Crippen LogP contribution in [-0.4, -0.2) is 51.9 Å². The molecule has 2 aromatic rings. The first-order chi connectivity index (χ1) is 15.2. The maximum Gasteiger partial charge on any atom is 0.203 e. The number of methoxy groups -OCH3 is 3. The summed E-state index contributed by atoms with van der Waals surface area (Å²) in [5.41, 5.74) is 2.14. The topological polar surface area (TPSA) is 80.2 Å².